The molecule has 0 aliphatic carbocycles. The molecule has 0 radical (unpaired) electrons. The highest BCUT2D eigenvalue weighted by Crippen LogP contribution is 2.14. The first kappa shape index (κ1) is 11.9. The molecule has 0 heterocycles. The maximum atomic E-state index is 10.5. The van der Waals surface area contributed by atoms with Crippen LogP contribution in [0.1, 0.15) is 11.1 Å². The molecule has 4 nitrogen and oxygen atoms in total. The van der Waals surface area contributed by atoms with Crippen LogP contribution < -0.4 is 5.73 Å². The van der Waals surface area contributed by atoms with Crippen molar-refractivity contribution in [3.8, 4) is 0 Å². The van der Waals surface area contributed by atoms with Crippen molar-refractivity contribution >= 4 is 23.5 Å². The van der Waals surface area contributed by atoms with Gasteiger partial charge in [-0.05, 0) is 35.4 Å². The molecule has 0 bridgehead atoms. The molecule has 2 aromatic carbocycles. The molecule has 90 valence electrons. The van der Waals surface area contributed by atoms with Crippen molar-refractivity contribution in [2.75, 3.05) is 5.73 Å². The number of anilines is 1. The number of nitrogens with two attached hydrogens (primary N) is 1. The van der Waals surface area contributed by atoms with E-state index in [-0.39, 0.29) is 5.69 Å². The topological polar surface area (TPSA) is 69.2 Å². The molecule has 0 amide bonds. The fourth-order valence-electron chi connectivity index (χ4n) is 1.51. The Bertz CT molecular complexity index is 572. The van der Waals surface area contributed by atoms with Gasteiger partial charge in [-0.1, -0.05) is 24.3 Å². The van der Waals surface area contributed by atoms with Gasteiger partial charge in [0.25, 0.3) is 5.69 Å². The van der Waals surface area contributed by atoms with Crippen LogP contribution in [0.3, 0.4) is 0 Å². The number of nitrogens with zero attached hydrogens (tertiary/aromatic N) is 1. The molecule has 0 saturated carbocycles. The number of rotatable bonds is 3. The van der Waals surface area contributed by atoms with Gasteiger partial charge in [0.15, 0.2) is 0 Å². The molecular weight excluding hydrogens is 228 g/mol. The summed E-state index contributed by atoms with van der Waals surface area (Å²) in [6.45, 7) is 0. The van der Waals surface area contributed by atoms with Gasteiger partial charge in [0.1, 0.15) is 0 Å². The first-order chi connectivity index (χ1) is 8.65. The first-order valence-corrected chi connectivity index (χ1v) is 5.43. The zero-order chi connectivity index (χ0) is 13.0. The molecular formula is C14H12N2O2. The van der Waals surface area contributed by atoms with Gasteiger partial charge in [-0.3, -0.25) is 10.1 Å². The van der Waals surface area contributed by atoms with Crippen LogP contribution in [-0.2, 0) is 0 Å². The predicted octanol–water partition coefficient (Wildman–Crippen LogP) is 3.35. The van der Waals surface area contributed by atoms with Crippen LogP contribution in [0.25, 0.3) is 12.2 Å². The van der Waals surface area contributed by atoms with E-state index in [0.717, 1.165) is 16.8 Å². The molecule has 0 unspecified atom stereocenters. The molecule has 2 aromatic rings. The van der Waals surface area contributed by atoms with E-state index in [2.05, 4.69) is 0 Å². The van der Waals surface area contributed by atoms with Gasteiger partial charge >= 0.3 is 0 Å². The first-order valence-electron chi connectivity index (χ1n) is 5.43. The molecule has 0 saturated heterocycles. The summed E-state index contributed by atoms with van der Waals surface area (Å²) in [6, 6.07) is 13.9. The monoisotopic (exact) mass is 240 g/mol. The highest BCUT2D eigenvalue weighted by Gasteiger charge is 2.01. The van der Waals surface area contributed by atoms with Crippen LogP contribution in [0.15, 0.2) is 48.5 Å². The van der Waals surface area contributed by atoms with E-state index in [1.54, 1.807) is 12.1 Å². The normalized spacial score (nSPS) is 10.7. The van der Waals surface area contributed by atoms with E-state index in [0.29, 0.717) is 0 Å². The summed E-state index contributed by atoms with van der Waals surface area (Å²) in [7, 11) is 0. The Kier molecular flexibility index (Phi) is 3.38. The smallest absolute Gasteiger partial charge is 0.269 e. The Hall–Kier alpha value is -2.62. The van der Waals surface area contributed by atoms with E-state index < -0.39 is 4.92 Å². The standard InChI is InChI=1S/C14H12N2O2/c15-13-7-3-11(4-8-13)1-2-12-5-9-14(10-6-12)16(17)18/h1-10H,15H2. The number of nitro groups is 1. The van der Waals surface area contributed by atoms with Crippen molar-refractivity contribution in [2.45, 2.75) is 0 Å². The Morgan fingerprint density at radius 1 is 0.889 bits per heavy atom. The second-order valence-corrected chi connectivity index (χ2v) is 3.85. The van der Waals surface area contributed by atoms with Crippen molar-refractivity contribution in [2.24, 2.45) is 0 Å². The molecule has 18 heavy (non-hydrogen) atoms. The largest absolute Gasteiger partial charge is 0.399 e. The summed E-state index contributed by atoms with van der Waals surface area (Å²) in [6.07, 6.45) is 3.83. The second kappa shape index (κ2) is 5.14. The van der Waals surface area contributed by atoms with Crippen LogP contribution in [0.5, 0.6) is 0 Å². The van der Waals surface area contributed by atoms with Gasteiger partial charge in [-0.2, -0.15) is 0 Å². The van der Waals surface area contributed by atoms with E-state index in [1.165, 1.54) is 12.1 Å². The lowest BCUT2D eigenvalue weighted by molar-refractivity contribution is -0.384. The van der Waals surface area contributed by atoms with Gasteiger partial charge in [-0.25, -0.2) is 0 Å². The number of non-ortho nitro benzene ring substituents is 1. The zero-order valence-corrected chi connectivity index (χ0v) is 9.61. The lowest BCUT2D eigenvalue weighted by atomic mass is 10.1. The summed E-state index contributed by atoms with van der Waals surface area (Å²) < 4.78 is 0. The zero-order valence-electron chi connectivity index (χ0n) is 9.61. The number of hydrogen-bond acceptors (Lipinski definition) is 3. The number of benzene rings is 2. The molecule has 0 atom stereocenters. The number of hydrogen-bond donors (Lipinski definition) is 1. The van der Waals surface area contributed by atoms with Gasteiger partial charge in [0.2, 0.25) is 0 Å². The minimum absolute atomic E-state index is 0.0969. The third-order valence-electron chi connectivity index (χ3n) is 2.51. The fourth-order valence-corrected chi connectivity index (χ4v) is 1.51. The maximum Gasteiger partial charge on any atom is 0.269 e. The van der Waals surface area contributed by atoms with E-state index in [4.69, 9.17) is 5.73 Å². The Morgan fingerprint density at radius 3 is 1.78 bits per heavy atom. The second-order valence-electron chi connectivity index (χ2n) is 3.85. The van der Waals surface area contributed by atoms with Gasteiger partial charge < -0.3 is 5.73 Å². The molecule has 2 rings (SSSR count). The van der Waals surface area contributed by atoms with Gasteiger partial charge in [-0.15, -0.1) is 0 Å². The summed E-state index contributed by atoms with van der Waals surface area (Å²) in [5.74, 6) is 0. The van der Waals surface area contributed by atoms with Crippen molar-refractivity contribution < 1.29 is 4.92 Å². The average molecular weight is 240 g/mol. The third kappa shape index (κ3) is 2.95. The quantitative estimate of drug-likeness (QED) is 0.387. The van der Waals surface area contributed by atoms with Crippen molar-refractivity contribution in [3.63, 3.8) is 0 Å². The van der Waals surface area contributed by atoms with E-state index in [1.807, 2.05) is 36.4 Å². The van der Waals surface area contributed by atoms with Crippen LogP contribution >= 0.6 is 0 Å². The highest BCUT2D eigenvalue weighted by atomic mass is 16.6. The van der Waals surface area contributed by atoms with Crippen LogP contribution in [0.2, 0.25) is 0 Å². The van der Waals surface area contributed by atoms with E-state index >= 15 is 0 Å². The minimum Gasteiger partial charge on any atom is -0.399 e. The SMILES string of the molecule is Nc1ccc(C=Cc2ccc([N+](=O)[O-])cc2)cc1. The average Bonchev–Trinajstić information content (AvgIpc) is 2.38. The molecule has 0 fully saturated rings. The molecule has 0 aromatic heterocycles. The lowest BCUT2D eigenvalue weighted by Gasteiger charge is -1.96. The van der Waals surface area contributed by atoms with E-state index in [9.17, 15) is 10.1 Å². The fraction of sp³-hybridized carbons (Fsp3) is 0. The molecule has 0 spiro atoms. The van der Waals surface area contributed by atoms with Gasteiger partial charge in [0.05, 0.1) is 4.92 Å². The molecule has 2 N–H and O–H groups in total. The minimum atomic E-state index is -0.409. The Morgan fingerprint density at radius 2 is 1.33 bits per heavy atom. The summed E-state index contributed by atoms with van der Waals surface area (Å²) >= 11 is 0. The van der Waals surface area contributed by atoms with Crippen LogP contribution in [0.4, 0.5) is 11.4 Å². The van der Waals surface area contributed by atoms with Crippen molar-refractivity contribution in [1.29, 1.82) is 0 Å². The Balaban J connectivity index is 2.13. The van der Waals surface area contributed by atoms with Gasteiger partial charge in [0, 0.05) is 17.8 Å². The third-order valence-corrected chi connectivity index (χ3v) is 2.51. The highest BCUT2D eigenvalue weighted by molar-refractivity contribution is 5.70. The predicted molar refractivity (Wildman–Crippen MR) is 72.9 cm³/mol. The molecule has 4 heteroatoms. The lowest BCUT2D eigenvalue weighted by Crippen LogP contribution is -1.86. The number of nitro benzene ring substituents is 1. The Labute approximate surface area is 105 Å². The summed E-state index contributed by atoms with van der Waals surface area (Å²) in [4.78, 5) is 10.1. The van der Waals surface area contributed by atoms with Crippen LogP contribution in [0, 0.1) is 10.1 Å². The maximum absolute atomic E-state index is 10.5. The number of nitrogen functional groups attached to an aromatic ring is 1. The van der Waals surface area contributed by atoms with Crippen molar-refractivity contribution in [1.82, 2.24) is 0 Å². The van der Waals surface area contributed by atoms with Crippen molar-refractivity contribution in [3.05, 3.63) is 69.8 Å². The molecule has 0 aliphatic heterocycles. The van der Waals surface area contributed by atoms with Crippen LogP contribution in [-0.4, -0.2) is 4.92 Å². The molecule has 0 aliphatic rings. The summed E-state index contributed by atoms with van der Waals surface area (Å²) in [5, 5.41) is 10.5. The summed E-state index contributed by atoms with van der Waals surface area (Å²) in [5.41, 5.74) is 8.36.